The third kappa shape index (κ3) is 3.72. The minimum absolute atomic E-state index is 0.0767. The van der Waals surface area contributed by atoms with Crippen molar-refractivity contribution in [1.29, 1.82) is 0 Å². The van der Waals surface area contributed by atoms with Crippen LogP contribution in [0.2, 0.25) is 0 Å². The molecule has 2 fully saturated rings. The molecule has 1 aromatic rings. The molecule has 0 unspecified atom stereocenters. The Morgan fingerprint density at radius 3 is 2.65 bits per heavy atom. The molecule has 0 aromatic carbocycles. The van der Waals surface area contributed by atoms with Gasteiger partial charge in [-0.05, 0) is 25.7 Å². The van der Waals surface area contributed by atoms with Crippen molar-refractivity contribution in [1.82, 2.24) is 15.2 Å². The van der Waals surface area contributed by atoms with Crippen molar-refractivity contribution in [2.45, 2.75) is 57.4 Å². The normalized spacial score (nSPS) is 20.3. The molecule has 1 aliphatic heterocycles. The number of aromatic nitrogens is 1. The van der Waals surface area contributed by atoms with E-state index < -0.39 is 0 Å². The van der Waals surface area contributed by atoms with Gasteiger partial charge in [0.1, 0.15) is 0 Å². The lowest BCUT2D eigenvalue weighted by atomic mass is 10.1. The number of carbonyl (C=O) groups is 1. The molecule has 0 radical (unpaired) electrons. The Kier molecular flexibility index (Phi) is 4.55. The van der Waals surface area contributed by atoms with E-state index in [2.05, 4.69) is 15.7 Å². The zero-order valence-corrected chi connectivity index (χ0v) is 12.8. The van der Waals surface area contributed by atoms with E-state index in [1.165, 1.54) is 37.1 Å². The van der Waals surface area contributed by atoms with Crippen LogP contribution in [0.5, 0.6) is 0 Å². The van der Waals surface area contributed by atoms with E-state index in [9.17, 15) is 4.79 Å². The molecule has 20 heavy (non-hydrogen) atoms. The van der Waals surface area contributed by atoms with Crippen LogP contribution in [0.1, 0.15) is 61.6 Å². The maximum absolute atomic E-state index is 12.2. The highest BCUT2D eigenvalue weighted by Gasteiger charge is 2.26. The van der Waals surface area contributed by atoms with Gasteiger partial charge in [-0.25, -0.2) is 9.78 Å². The fourth-order valence-electron chi connectivity index (χ4n) is 2.65. The van der Waals surface area contributed by atoms with Crippen molar-refractivity contribution in [2.24, 2.45) is 0 Å². The first-order valence-corrected chi connectivity index (χ1v) is 8.68. The van der Waals surface area contributed by atoms with Crippen molar-refractivity contribution >= 4 is 17.4 Å². The number of urea groups is 1. The molecule has 1 saturated carbocycles. The fourth-order valence-corrected chi connectivity index (χ4v) is 3.64. The summed E-state index contributed by atoms with van der Waals surface area (Å²) in [5, 5.41) is 6.36. The van der Waals surface area contributed by atoms with Crippen molar-refractivity contribution < 1.29 is 4.79 Å². The summed E-state index contributed by atoms with van der Waals surface area (Å²) >= 11 is 1.74. The Bertz CT molecular complexity index is 448. The summed E-state index contributed by atoms with van der Waals surface area (Å²) in [6.45, 7) is 2.37. The van der Waals surface area contributed by atoms with Crippen LogP contribution in [0, 0.1) is 0 Å². The van der Waals surface area contributed by atoms with Gasteiger partial charge in [0, 0.05) is 24.4 Å². The second-order valence-electron chi connectivity index (χ2n) is 5.86. The van der Waals surface area contributed by atoms with Crippen LogP contribution in [0.25, 0.3) is 0 Å². The number of likely N-dealkylation sites (tertiary alicyclic amines) is 1. The van der Waals surface area contributed by atoms with Crippen molar-refractivity contribution in [2.75, 3.05) is 13.1 Å². The van der Waals surface area contributed by atoms with Crippen molar-refractivity contribution in [3.63, 3.8) is 0 Å². The first-order chi connectivity index (χ1) is 9.83. The van der Waals surface area contributed by atoms with Gasteiger partial charge in [-0.2, -0.15) is 0 Å². The van der Waals surface area contributed by atoms with Gasteiger partial charge in [0.05, 0.1) is 17.2 Å². The predicted molar refractivity (Wildman–Crippen MR) is 81.0 cm³/mol. The molecule has 1 aliphatic carbocycles. The van der Waals surface area contributed by atoms with E-state index in [0.717, 1.165) is 31.6 Å². The fraction of sp³-hybridized carbons (Fsp3) is 0.733. The summed E-state index contributed by atoms with van der Waals surface area (Å²) in [6.07, 6.45) is 8.66. The molecule has 2 heterocycles. The molecule has 0 bridgehead atoms. The van der Waals surface area contributed by atoms with Crippen LogP contribution in [0.4, 0.5) is 4.79 Å². The second kappa shape index (κ2) is 6.57. The average molecular weight is 293 g/mol. The van der Waals surface area contributed by atoms with E-state index >= 15 is 0 Å². The van der Waals surface area contributed by atoms with Gasteiger partial charge in [0.2, 0.25) is 0 Å². The second-order valence-corrected chi connectivity index (χ2v) is 6.75. The Balaban J connectivity index is 1.47. The lowest BCUT2D eigenvalue weighted by molar-refractivity contribution is 0.191. The predicted octanol–water partition coefficient (Wildman–Crippen LogP) is 3.50. The molecule has 1 saturated heterocycles. The van der Waals surface area contributed by atoms with E-state index in [-0.39, 0.29) is 6.03 Å². The van der Waals surface area contributed by atoms with Gasteiger partial charge in [-0.1, -0.05) is 19.3 Å². The standard InChI is InChI=1S/C15H23N3OS/c19-15(18-8-4-2-1-3-5-9-18)16-10-13-11-20-14(17-13)12-6-7-12/h11-12H,1-10H2,(H,16,19). The molecule has 0 spiro atoms. The van der Waals surface area contributed by atoms with Crippen LogP contribution in [0.3, 0.4) is 0 Å². The van der Waals surface area contributed by atoms with Gasteiger partial charge in [-0.15, -0.1) is 11.3 Å². The van der Waals surface area contributed by atoms with Gasteiger partial charge >= 0.3 is 6.03 Å². The first-order valence-electron chi connectivity index (χ1n) is 7.80. The number of carbonyl (C=O) groups excluding carboxylic acids is 1. The molecule has 1 aromatic heterocycles. The molecular formula is C15H23N3OS. The molecule has 2 aliphatic rings. The van der Waals surface area contributed by atoms with Gasteiger partial charge in [0.25, 0.3) is 0 Å². The smallest absolute Gasteiger partial charge is 0.317 e. The Hall–Kier alpha value is -1.10. The summed E-state index contributed by atoms with van der Waals surface area (Å²) in [6, 6.07) is 0.0767. The van der Waals surface area contributed by atoms with Crippen LogP contribution in [-0.4, -0.2) is 29.0 Å². The number of thiazole rings is 1. The summed E-state index contributed by atoms with van der Waals surface area (Å²) in [4.78, 5) is 18.8. The third-order valence-corrected chi connectivity index (χ3v) is 5.12. The highest BCUT2D eigenvalue weighted by atomic mass is 32.1. The molecule has 4 nitrogen and oxygen atoms in total. The number of amides is 2. The highest BCUT2D eigenvalue weighted by Crippen LogP contribution is 2.41. The monoisotopic (exact) mass is 293 g/mol. The zero-order chi connectivity index (χ0) is 13.8. The number of hydrogen-bond donors (Lipinski definition) is 1. The average Bonchev–Trinajstić information content (AvgIpc) is 3.15. The van der Waals surface area contributed by atoms with E-state index in [1.807, 2.05) is 4.90 Å². The summed E-state index contributed by atoms with van der Waals surface area (Å²) in [7, 11) is 0. The van der Waals surface area contributed by atoms with Gasteiger partial charge in [-0.3, -0.25) is 0 Å². The Morgan fingerprint density at radius 2 is 1.95 bits per heavy atom. The van der Waals surface area contributed by atoms with E-state index in [1.54, 1.807) is 11.3 Å². The van der Waals surface area contributed by atoms with E-state index in [0.29, 0.717) is 12.5 Å². The van der Waals surface area contributed by atoms with Crippen LogP contribution in [0.15, 0.2) is 5.38 Å². The molecule has 5 heteroatoms. The quantitative estimate of drug-likeness (QED) is 0.927. The topological polar surface area (TPSA) is 45.2 Å². The molecule has 1 N–H and O–H groups in total. The minimum atomic E-state index is 0.0767. The first kappa shape index (κ1) is 13.9. The largest absolute Gasteiger partial charge is 0.332 e. The SMILES string of the molecule is O=C(NCc1csc(C2CC2)n1)N1CCCCCCC1. The maximum Gasteiger partial charge on any atom is 0.317 e. The zero-order valence-electron chi connectivity index (χ0n) is 11.9. The maximum atomic E-state index is 12.2. The molecule has 0 atom stereocenters. The van der Waals surface area contributed by atoms with E-state index in [4.69, 9.17) is 0 Å². The third-order valence-electron chi connectivity index (χ3n) is 4.06. The number of rotatable bonds is 3. The summed E-state index contributed by atoms with van der Waals surface area (Å²) < 4.78 is 0. The van der Waals surface area contributed by atoms with Gasteiger partial charge < -0.3 is 10.2 Å². The highest BCUT2D eigenvalue weighted by molar-refractivity contribution is 7.09. The van der Waals surface area contributed by atoms with Crippen LogP contribution in [-0.2, 0) is 6.54 Å². The summed E-state index contributed by atoms with van der Waals surface area (Å²) in [5.41, 5.74) is 1.01. The number of hydrogen-bond acceptors (Lipinski definition) is 3. The molecule has 110 valence electrons. The van der Waals surface area contributed by atoms with Gasteiger partial charge in [0.15, 0.2) is 0 Å². The lowest BCUT2D eigenvalue weighted by Gasteiger charge is -2.24. The summed E-state index contributed by atoms with van der Waals surface area (Å²) in [5.74, 6) is 0.707. The Morgan fingerprint density at radius 1 is 1.25 bits per heavy atom. The minimum Gasteiger partial charge on any atom is -0.332 e. The molecule has 2 amide bonds. The van der Waals surface area contributed by atoms with Crippen LogP contribution < -0.4 is 5.32 Å². The lowest BCUT2D eigenvalue weighted by Crippen LogP contribution is -2.41. The van der Waals surface area contributed by atoms with Crippen molar-refractivity contribution in [3.05, 3.63) is 16.1 Å². The Labute approximate surface area is 124 Å². The van der Waals surface area contributed by atoms with Crippen LogP contribution >= 0.6 is 11.3 Å². The molecule has 3 rings (SSSR count). The number of nitrogens with one attached hydrogen (secondary N) is 1. The number of nitrogens with zero attached hydrogens (tertiary/aromatic N) is 2. The molecular weight excluding hydrogens is 270 g/mol. The van der Waals surface area contributed by atoms with Crippen molar-refractivity contribution in [3.8, 4) is 0 Å².